The number of pyridine rings is 1. The Balaban J connectivity index is 1.58. The number of hydrogen-bond donors (Lipinski definition) is 1. The highest BCUT2D eigenvalue weighted by molar-refractivity contribution is 5.81. The Morgan fingerprint density at radius 1 is 1.47 bits per heavy atom. The summed E-state index contributed by atoms with van der Waals surface area (Å²) in [5.74, 6) is 1.96. The number of hydrogen-bond acceptors (Lipinski definition) is 4. The molecule has 1 aromatic rings. The van der Waals surface area contributed by atoms with Crippen LogP contribution in [0, 0.1) is 11.8 Å². The highest BCUT2D eigenvalue weighted by Crippen LogP contribution is 2.27. The van der Waals surface area contributed by atoms with Crippen molar-refractivity contribution in [3.05, 3.63) is 24.5 Å². The van der Waals surface area contributed by atoms with Gasteiger partial charge in [-0.2, -0.15) is 0 Å². The topological polar surface area (TPSA) is 54.5 Å². The molecule has 1 amide bonds. The van der Waals surface area contributed by atoms with Gasteiger partial charge in [-0.25, -0.2) is 0 Å². The maximum atomic E-state index is 12.3. The average molecular weight is 261 g/mol. The Labute approximate surface area is 113 Å². The van der Waals surface area contributed by atoms with E-state index in [0.717, 1.165) is 26.2 Å². The van der Waals surface area contributed by atoms with Crippen LogP contribution in [0.3, 0.4) is 0 Å². The highest BCUT2D eigenvalue weighted by Gasteiger charge is 2.39. The summed E-state index contributed by atoms with van der Waals surface area (Å²) in [5.41, 5.74) is 0. The summed E-state index contributed by atoms with van der Waals surface area (Å²) in [6, 6.07) is 3.62. The standard InChI is InChI=1S/C14H19N3O2/c1-10(19-13-3-2-4-15-7-13)14(18)17-8-11-5-16-6-12(11)9-17/h2-4,7,10-12,16H,5-6,8-9H2,1H3/t10?,11-,12+. The summed E-state index contributed by atoms with van der Waals surface area (Å²) < 4.78 is 5.64. The third-order valence-corrected chi connectivity index (χ3v) is 4.00. The van der Waals surface area contributed by atoms with Crippen LogP contribution >= 0.6 is 0 Å². The molecule has 3 atom stereocenters. The van der Waals surface area contributed by atoms with E-state index in [1.807, 2.05) is 17.9 Å². The van der Waals surface area contributed by atoms with E-state index >= 15 is 0 Å². The third-order valence-electron chi connectivity index (χ3n) is 4.00. The van der Waals surface area contributed by atoms with Gasteiger partial charge in [0.05, 0.1) is 6.20 Å². The lowest BCUT2D eigenvalue weighted by Gasteiger charge is -2.22. The van der Waals surface area contributed by atoms with Gasteiger partial charge in [-0.15, -0.1) is 0 Å². The fourth-order valence-corrected chi connectivity index (χ4v) is 2.96. The van der Waals surface area contributed by atoms with Crippen molar-refractivity contribution in [1.29, 1.82) is 0 Å². The van der Waals surface area contributed by atoms with Crippen LogP contribution in [-0.4, -0.2) is 48.1 Å². The first kappa shape index (κ1) is 12.4. The fraction of sp³-hybridized carbons (Fsp3) is 0.571. The van der Waals surface area contributed by atoms with E-state index in [-0.39, 0.29) is 5.91 Å². The second-order valence-corrected chi connectivity index (χ2v) is 5.37. The van der Waals surface area contributed by atoms with Crippen LogP contribution in [0.25, 0.3) is 0 Å². The Hall–Kier alpha value is -1.62. The molecule has 2 saturated heterocycles. The van der Waals surface area contributed by atoms with Gasteiger partial charge in [-0.1, -0.05) is 0 Å². The summed E-state index contributed by atoms with van der Waals surface area (Å²) in [7, 11) is 0. The van der Waals surface area contributed by atoms with Crippen LogP contribution in [-0.2, 0) is 4.79 Å². The van der Waals surface area contributed by atoms with Crippen LogP contribution in [0.2, 0.25) is 0 Å². The summed E-state index contributed by atoms with van der Waals surface area (Å²) in [5, 5.41) is 3.38. The van der Waals surface area contributed by atoms with Gasteiger partial charge in [0, 0.05) is 32.4 Å². The lowest BCUT2D eigenvalue weighted by atomic mass is 10.0. The molecule has 5 nitrogen and oxygen atoms in total. The van der Waals surface area contributed by atoms with E-state index in [9.17, 15) is 4.79 Å². The predicted octanol–water partition coefficient (Wildman–Crippen LogP) is 0.527. The Bertz CT molecular complexity index is 439. The van der Waals surface area contributed by atoms with Gasteiger partial charge in [0.2, 0.25) is 0 Å². The van der Waals surface area contributed by atoms with Crippen molar-refractivity contribution in [1.82, 2.24) is 15.2 Å². The van der Waals surface area contributed by atoms with Gasteiger partial charge >= 0.3 is 0 Å². The van der Waals surface area contributed by atoms with Crippen molar-refractivity contribution in [2.45, 2.75) is 13.0 Å². The Kier molecular flexibility index (Phi) is 3.38. The molecule has 19 heavy (non-hydrogen) atoms. The molecule has 2 aliphatic heterocycles. The average Bonchev–Trinajstić information content (AvgIpc) is 2.99. The third kappa shape index (κ3) is 2.56. The number of rotatable bonds is 3. The lowest BCUT2D eigenvalue weighted by molar-refractivity contribution is -0.137. The van der Waals surface area contributed by atoms with Crippen LogP contribution in [0.5, 0.6) is 5.75 Å². The SMILES string of the molecule is CC(Oc1cccnc1)C(=O)N1C[C@H]2CNC[C@H]2C1. The number of nitrogens with one attached hydrogen (secondary N) is 1. The second kappa shape index (κ2) is 5.17. The zero-order valence-corrected chi connectivity index (χ0v) is 11.1. The number of carbonyl (C=O) groups excluding carboxylic acids is 1. The molecule has 1 N–H and O–H groups in total. The maximum Gasteiger partial charge on any atom is 0.263 e. The summed E-state index contributed by atoms with van der Waals surface area (Å²) >= 11 is 0. The molecule has 5 heteroatoms. The minimum atomic E-state index is -0.448. The van der Waals surface area contributed by atoms with Crippen molar-refractivity contribution in [3.63, 3.8) is 0 Å². The van der Waals surface area contributed by atoms with E-state index in [0.29, 0.717) is 17.6 Å². The van der Waals surface area contributed by atoms with Gasteiger partial charge < -0.3 is 15.0 Å². The first-order valence-electron chi connectivity index (χ1n) is 6.80. The second-order valence-electron chi connectivity index (χ2n) is 5.37. The van der Waals surface area contributed by atoms with E-state index in [1.165, 1.54) is 0 Å². The molecule has 0 aliphatic carbocycles. The normalized spacial score (nSPS) is 27.1. The molecule has 0 saturated carbocycles. The van der Waals surface area contributed by atoms with E-state index in [4.69, 9.17) is 4.74 Å². The quantitative estimate of drug-likeness (QED) is 0.862. The smallest absolute Gasteiger partial charge is 0.263 e. The number of aromatic nitrogens is 1. The molecule has 1 unspecified atom stereocenters. The first-order valence-corrected chi connectivity index (χ1v) is 6.80. The number of carbonyl (C=O) groups is 1. The van der Waals surface area contributed by atoms with Crippen LogP contribution < -0.4 is 10.1 Å². The van der Waals surface area contributed by atoms with Crippen LogP contribution in [0.1, 0.15) is 6.92 Å². The molecule has 102 valence electrons. The van der Waals surface area contributed by atoms with Gasteiger partial charge in [-0.3, -0.25) is 9.78 Å². The minimum absolute atomic E-state index is 0.0817. The Morgan fingerprint density at radius 3 is 2.84 bits per heavy atom. The van der Waals surface area contributed by atoms with E-state index < -0.39 is 6.10 Å². The zero-order valence-electron chi connectivity index (χ0n) is 11.1. The Morgan fingerprint density at radius 2 is 2.21 bits per heavy atom. The molecule has 0 radical (unpaired) electrons. The van der Waals surface area contributed by atoms with Crippen molar-refractivity contribution >= 4 is 5.91 Å². The van der Waals surface area contributed by atoms with Crippen LogP contribution in [0.15, 0.2) is 24.5 Å². The summed E-state index contributed by atoms with van der Waals surface area (Å²) in [6.45, 7) is 5.59. The first-order chi connectivity index (χ1) is 9.24. The van der Waals surface area contributed by atoms with Gasteiger partial charge in [0.25, 0.3) is 5.91 Å². The predicted molar refractivity (Wildman–Crippen MR) is 70.8 cm³/mol. The molecule has 3 heterocycles. The molecule has 0 spiro atoms. The molecular weight excluding hydrogens is 242 g/mol. The van der Waals surface area contributed by atoms with Crippen LogP contribution in [0.4, 0.5) is 0 Å². The van der Waals surface area contributed by atoms with E-state index in [1.54, 1.807) is 18.5 Å². The monoisotopic (exact) mass is 261 g/mol. The molecule has 0 bridgehead atoms. The number of amides is 1. The molecule has 2 aliphatic rings. The number of likely N-dealkylation sites (tertiary alicyclic amines) is 1. The molecule has 1 aromatic heterocycles. The molecule has 2 fully saturated rings. The van der Waals surface area contributed by atoms with Crippen molar-refractivity contribution in [2.24, 2.45) is 11.8 Å². The largest absolute Gasteiger partial charge is 0.479 e. The minimum Gasteiger partial charge on any atom is -0.479 e. The van der Waals surface area contributed by atoms with E-state index in [2.05, 4.69) is 10.3 Å². The maximum absolute atomic E-state index is 12.3. The number of ether oxygens (including phenoxy) is 1. The van der Waals surface area contributed by atoms with Crippen molar-refractivity contribution in [2.75, 3.05) is 26.2 Å². The highest BCUT2D eigenvalue weighted by atomic mass is 16.5. The zero-order chi connectivity index (χ0) is 13.2. The fourth-order valence-electron chi connectivity index (χ4n) is 2.96. The summed E-state index contributed by atoms with van der Waals surface area (Å²) in [4.78, 5) is 18.3. The molecule has 0 aromatic carbocycles. The number of nitrogens with zero attached hydrogens (tertiary/aromatic N) is 2. The van der Waals surface area contributed by atoms with Crippen molar-refractivity contribution < 1.29 is 9.53 Å². The molecular formula is C14H19N3O2. The van der Waals surface area contributed by atoms with Gasteiger partial charge in [0.1, 0.15) is 5.75 Å². The van der Waals surface area contributed by atoms with Crippen molar-refractivity contribution in [3.8, 4) is 5.75 Å². The molecule has 3 rings (SSSR count). The van der Waals surface area contributed by atoms with Gasteiger partial charge in [-0.05, 0) is 30.9 Å². The number of fused-ring (bicyclic) bond motifs is 1. The van der Waals surface area contributed by atoms with Gasteiger partial charge in [0.15, 0.2) is 6.10 Å². The lowest BCUT2D eigenvalue weighted by Crippen LogP contribution is -2.40. The summed E-state index contributed by atoms with van der Waals surface area (Å²) in [6.07, 6.45) is 2.87.